The molecule has 0 aliphatic heterocycles. The Morgan fingerprint density at radius 2 is 1.22 bits per heavy atom. The largest absolute Gasteiger partial charge is 0.478 e. The zero-order valence-electron chi connectivity index (χ0n) is 9.61. The van der Waals surface area contributed by atoms with Gasteiger partial charge in [-0.2, -0.15) is 0 Å². The minimum absolute atomic E-state index is 0. The van der Waals surface area contributed by atoms with Gasteiger partial charge in [0, 0.05) is 6.08 Å². The number of carboxylic acid groups (broad SMARTS) is 1. The van der Waals surface area contributed by atoms with Crippen molar-refractivity contribution in [2.75, 3.05) is 0 Å². The molecule has 1 N–H and O–H groups in total. The lowest BCUT2D eigenvalue weighted by Gasteiger charge is -2.06. The van der Waals surface area contributed by atoms with E-state index >= 15 is 0 Å². The van der Waals surface area contributed by atoms with Crippen molar-refractivity contribution in [2.45, 2.75) is 0 Å². The second kappa shape index (κ2) is 6.62. The summed E-state index contributed by atoms with van der Waals surface area (Å²) in [5.41, 5.74) is 2.53. The van der Waals surface area contributed by atoms with E-state index in [1.165, 1.54) is 6.08 Å². The molecule has 0 aliphatic rings. The van der Waals surface area contributed by atoms with E-state index < -0.39 is 5.97 Å². The van der Waals surface area contributed by atoms with Gasteiger partial charge in [0.2, 0.25) is 0 Å². The van der Waals surface area contributed by atoms with Gasteiger partial charge in [0.05, 0.1) is 0 Å². The molecule has 3 heteroatoms. The summed E-state index contributed by atoms with van der Waals surface area (Å²) in [5, 5.41) is 8.93. The average molecular weight is 261 g/mol. The molecule has 0 aliphatic carbocycles. The van der Waals surface area contributed by atoms with Crippen molar-refractivity contribution in [3.8, 4) is 0 Å². The van der Waals surface area contributed by atoms with Crippen molar-refractivity contribution in [2.24, 2.45) is 0 Å². The van der Waals surface area contributed by atoms with Crippen LogP contribution in [0.1, 0.15) is 11.1 Å². The molecule has 0 amide bonds. The molecule has 0 bridgehead atoms. The highest BCUT2D eigenvalue weighted by Gasteiger charge is 2.05. The van der Waals surface area contributed by atoms with Crippen LogP contribution in [0.3, 0.4) is 0 Å². The first-order chi connectivity index (χ1) is 8.27. The molecule has 2 nitrogen and oxygen atoms in total. The van der Waals surface area contributed by atoms with E-state index in [2.05, 4.69) is 0 Å². The van der Waals surface area contributed by atoms with Gasteiger partial charge in [-0.25, -0.2) is 4.79 Å². The molecule has 0 saturated carbocycles. The Bertz CT molecular complexity index is 491. The van der Waals surface area contributed by atoms with Crippen molar-refractivity contribution in [1.82, 2.24) is 0 Å². The zero-order chi connectivity index (χ0) is 12.1. The van der Waals surface area contributed by atoms with Crippen molar-refractivity contribution in [3.05, 3.63) is 77.9 Å². The summed E-state index contributed by atoms with van der Waals surface area (Å²) in [6.07, 6.45) is 1.24. The first-order valence-electron chi connectivity index (χ1n) is 5.33. The van der Waals surface area contributed by atoms with Gasteiger partial charge in [-0.3, -0.25) is 0 Å². The maximum absolute atomic E-state index is 10.9. The number of halogens is 1. The van der Waals surface area contributed by atoms with Crippen LogP contribution in [0.2, 0.25) is 0 Å². The van der Waals surface area contributed by atoms with Gasteiger partial charge in [0.15, 0.2) is 0 Å². The molecule has 0 heterocycles. The maximum Gasteiger partial charge on any atom is 0.328 e. The van der Waals surface area contributed by atoms with Crippen LogP contribution in [0.5, 0.6) is 0 Å². The number of hydrogen-bond acceptors (Lipinski definition) is 1. The molecule has 18 heavy (non-hydrogen) atoms. The highest BCUT2D eigenvalue weighted by atomic mass is 35.5. The third-order valence-corrected chi connectivity index (χ3v) is 2.44. The summed E-state index contributed by atoms with van der Waals surface area (Å²) in [6.45, 7) is 0. The Morgan fingerprint density at radius 3 is 1.56 bits per heavy atom. The van der Waals surface area contributed by atoms with Crippen LogP contribution < -0.4 is 0 Å². The highest BCUT2D eigenvalue weighted by molar-refractivity contribution is 5.95. The minimum Gasteiger partial charge on any atom is -0.478 e. The number of rotatable bonds is 3. The molecule has 0 spiro atoms. The number of hydrogen-bond donors (Lipinski definition) is 1. The van der Waals surface area contributed by atoms with Gasteiger partial charge >= 0.3 is 5.97 Å². The lowest BCUT2D eigenvalue weighted by atomic mass is 9.98. The van der Waals surface area contributed by atoms with E-state index in [4.69, 9.17) is 5.11 Å². The summed E-state index contributed by atoms with van der Waals surface area (Å²) in [6, 6.07) is 19.0. The van der Waals surface area contributed by atoms with Crippen LogP contribution in [0.25, 0.3) is 5.57 Å². The number of carboxylic acids is 1. The number of benzene rings is 2. The van der Waals surface area contributed by atoms with Gasteiger partial charge in [0.25, 0.3) is 0 Å². The Hall–Kier alpha value is -2.06. The van der Waals surface area contributed by atoms with Gasteiger partial charge < -0.3 is 5.11 Å². The Labute approximate surface area is 112 Å². The van der Waals surface area contributed by atoms with Crippen LogP contribution in [0.4, 0.5) is 0 Å². The molecule has 0 saturated heterocycles. The molecule has 0 unspecified atom stereocenters. The van der Waals surface area contributed by atoms with E-state index in [9.17, 15) is 4.79 Å². The summed E-state index contributed by atoms with van der Waals surface area (Å²) in [5.74, 6) is -0.937. The van der Waals surface area contributed by atoms with E-state index in [-0.39, 0.29) is 12.4 Å². The second-order valence-electron chi connectivity index (χ2n) is 3.63. The van der Waals surface area contributed by atoms with E-state index in [1.807, 2.05) is 60.7 Å². The smallest absolute Gasteiger partial charge is 0.328 e. The summed E-state index contributed by atoms with van der Waals surface area (Å²) >= 11 is 0. The van der Waals surface area contributed by atoms with Gasteiger partial charge in [-0.1, -0.05) is 60.7 Å². The molecule has 0 fully saturated rings. The summed E-state index contributed by atoms with van der Waals surface area (Å²) in [4.78, 5) is 10.9. The SMILES string of the molecule is Cl.O=C(O)C=C(c1ccccc1)c1ccccc1. The van der Waals surface area contributed by atoms with Crippen molar-refractivity contribution in [1.29, 1.82) is 0 Å². The van der Waals surface area contributed by atoms with Crippen LogP contribution in [0.15, 0.2) is 66.7 Å². The first kappa shape index (κ1) is 14.0. The monoisotopic (exact) mass is 260 g/mol. The quantitative estimate of drug-likeness (QED) is 0.856. The van der Waals surface area contributed by atoms with Crippen molar-refractivity contribution >= 4 is 23.9 Å². The fourth-order valence-electron chi connectivity index (χ4n) is 1.69. The summed E-state index contributed by atoms with van der Waals surface area (Å²) < 4.78 is 0. The highest BCUT2D eigenvalue weighted by Crippen LogP contribution is 2.22. The zero-order valence-corrected chi connectivity index (χ0v) is 10.4. The normalized spacial score (nSPS) is 9.11. The van der Waals surface area contributed by atoms with E-state index in [0.717, 1.165) is 16.7 Å². The van der Waals surface area contributed by atoms with Crippen LogP contribution >= 0.6 is 12.4 Å². The Morgan fingerprint density at radius 1 is 0.833 bits per heavy atom. The minimum atomic E-state index is -0.937. The predicted octanol–water partition coefficient (Wildman–Crippen LogP) is 3.62. The fourth-order valence-corrected chi connectivity index (χ4v) is 1.69. The molecular formula is C15H13ClO2. The maximum atomic E-state index is 10.9. The number of carbonyl (C=O) groups is 1. The van der Waals surface area contributed by atoms with Crippen LogP contribution in [0, 0.1) is 0 Å². The van der Waals surface area contributed by atoms with Gasteiger partial charge in [0.1, 0.15) is 0 Å². The summed E-state index contributed by atoms with van der Waals surface area (Å²) in [7, 11) is 0. The van der Waals surface area contributed by atoms with Gasteiger partial charge in [-0.05, 0) is 16.7 Å². The topological polar surface area (TPSA) is 37.3 Å². The molecule has 2 rings (SSSR count). The van der Waals surface area contributed by atoms with Crippen molar-refractivity contribution in [3.63, 3.8) is 0 Å². The molecular weight excluding hydrogens is 248 g/mol. The van der Waals surface area contributed by atoms with Gasteiger partial charge in [-0.15, -0.1) is 12.4 Å². The fraction of sp³-hybridized carbons (Fsp3) is 0. The van der Waals surface area contributed by atoms with Crippen LogP contribution in [-0.4, -0.2) is 11.1 Å². The molecule has 2 aromatic rings. The molecule has 0 atom stereocenters. The third-order valence-electron chi connectivity index (χ3n) is 2.44. The van der Waals surface area contributed by atoms with Crippen LogP contribution in [-0.2, 0) is 4.79 Å². The molecule has 0 radical (unpaired) electrons. The predicted molar refractivity (Wildman–Crippen MR) is 74.8 cm³/mol. The Balaban J connectivity index is 0.00000162. The molecule has 92 valence electrons. The lowest BCUT2D eigenvalue weighted by Crippen LogP contribution is -1.94. The first-order valence-corrected chi connectivity index (χ1v) is 5.33. The standard InChI is InChI=1S/C15H12O2.ClH/c16-15(17)11-14(12-7-3-1-4-8-12)13-9-5-2-6-10-13;/h1-11H,(H,16,17);1H. The second-order valence-corrected chi connectivity index (χ2v) is 3.63. The number of aliphatic carboxylic acids is 1. The third kappa shape index (κ3) is 3.47. The molecule has 2 aromatic carbocycles. The van der Waals surface area contributed by atoms with Crippen molar-refractivity contribution < 1.29 is 9.90 Å². The molecule has 0 aromatic heterocycles. The lowest BCUT2D eigenvalue weighted by molar-refractivity contribution is -0.131. The Kier molecular flexibility index (Phi) is 5.15. The average Bonchev–Trinajstić information content (AvgIpc) is 2.38. The van der Waals surface area contributed by atoms with E-state index in [1.54, 1.807) is 0 Å². The van der Waals surface area contributed by atoms with E-state index in [0.29, 0.717) is 0 Å².